The second kappa shape index (κ2) is 10.3. The van der Waals surface area contributed by atoms with Crippen LogP contribution in [0.25, 0.3) is 26.8 Å². The zero-order valence-electron chi connectivity index (χ0n) is 19.9. The van der Waals surface area contributed by atoms with Gasteiger partial charge in [0.15, 0.2) is 5.16 Å². The van der Waals surface area contributed by atoms with Crippen LogP contribution in [0.5, 0.6) is 0 Å². The summed E-state index contributed by atoms with van der Waals surface area (Å²) in [6.45, 7) is 4.10. The number of thiophene rings is 1. The summed E-state index contributed by atoms with van der Waals surface area (Å²) in [7, 11) is 1.25. The van der Waals surface area contributed by atoms with Crippen LogP contribution in [-0.4, -0.2) is 43.5 Å². The Morgan fingerprint density at radius 3 is 2.86 bits per heavy atom. The first-order chi connectivity index (χ1) is 17.5. The summed E-state index contributed by atoms with van der Waals surface area (Å²) in [5.41, 5.74) is 2.40. The van der Waals surface area contributed by atoms with Crippen molar-refractivity contribution in [3.8, 4) is 0 Å². The molecule has 2 N–H and O–H groups in total. The van der Waals surface area contributed by atoms with E-state index >= 15 is 0 Å². The largest absolute Gasteiger partial charge is 0.510 e. The van der Waals surface area contributed by atoms with Crippen LogP contribution in [-0.2, 0) is 28.9 Å². The van der Waals surface area contributed by atoms with E-state index in [1.54, 1.807) is 22.0 Å². The maximum Gasteiger partial charge on any atom is 0.345 e. The molecule has 0 bridgehead atoms. The molecule has 4 aromatic rings. The molecule has 0 spiro atoms. The lowest BCUT2D eigenvalue weighted by molar-refractivity contribution is -0.133. The van der Waals surface area contributed by atoms with E-state index in [1.807, 2.05) is 24.3 Å². The number of aromatic nitrogens is 4. The number of aryl methyl sites for hydroxylation is 2. The van der Waals surface area contributed by atoms with Gasteiger partial charge in [0.1, 0.15) is 22.0 Å². The molecule has 1 aromatic carbocycles. The van der Waals surface area contributed by atoms with Crippen LogP contribution in [0.2, 0.25) is 0 Å². The number of methoxy groups -OCH3 is 1. The van der Waals surface area contributed by atoms with Crippen LogP contribution in [0.4, 0.5) is 0 Å². The molecule has 10 heteroatoms. The highest BCUT2D eigenvalue weighted by Gasteiger charge is 2.24. The maximum atomic E-state index is 13.5. The van der Waals surface area contributed by atoms with Gasteiger partial charge in [0.25, 0.3) is 5.56 Å². The molecule has 3 heterocycles. The quantitative estimate of drug-likeness (QED) is 0.0667. The van der Waals surface area contributed by atoms with E-state index in [2.05, 4.69) is 16.5 Å². The Hall–Kier alpha value is -3.37. The molecule has 0 fully saturated rings. The molecule has 5 rings (SSSR count). The number of rotatable bonds is 7. The van der Waals surface area contributed by atoms with Crippen molar-refractivity contribution in [2.24, 2.45) is 0 Å². The van der Waals surface area contributed by atoms with Gasteiger partial charge >= 0.3 is 5.97 Å². The highest BCUT2D eigenvalue weighted by molar-refractivity contribution is 7.99. The predicted octanol–water partition coefficient (Wildman–Crippen LogP) is 5.02. The number of thioether (sulfide) groups is 1. The first-order valence-corrected chi connectivity index (χ1v) is 13.6. The monoisotopic (exact) mass is 522 g/mol. The average molecular weight is 523 g/mol. The number of nitrogens with zero attached hydrogens (tertiary/aromatic N) is 3. The second-order valence-corrected chi connectivity index (χ2v) is 10.6. The highest BCUT2D eigenvalue weighted by atomic mass is 32.2. The molecule has 0 amide bonds. The molecule has 8 nitrogen and oxygen atoms in total. The number of carbonyl (C=O) groups excluding carboxylic acids is 1. The fourth-order valence-electron chi connectivity index (χ4n) is 4.53. The third kappa shape index (κ3) is 4.46. The predicted molar refractivity (Wildman–Crippen MR) is 144 cm³/mol. The number of aliphatic hydroxyl groups is 1. The van der Waals surface area contributed by atoms with Crippen molar-refractivity contribution in [1.82, 2.24) is 19.5 Å². The van der Waals surface area contributed by atoms with E-state index in [1.165, 1.54) is 30.2 Å². The fraction of sp³-hybridized carbons (Fsp3) is 0.308. The van der Waals surface area contributed by atoms with E-state index in [9.17, 15) is 14.7 Å². The lowest BCUT2D eigenvalue weighted by atomic mass is 10.1. The molecule has 3 aromatic heterocycles. The summed E-state index contributed by atoms with van der Waals surface area (Å²) >= 11 is 2.77. The molecule has 0 atom stereocenters. The van der Waals surface area contributed by atoms with Crippen molar-refractivity contribution in [3.63, 3.8) is 0 Å². The highest BCUT2D eigenvalue weighted by Crippen LogP contribution is 2.34. The standard InChI is InChI=1S/C26H26N4O4S2/c1-3-13-30-24(32)20-15-9-5-4-6-12-19(15)36-23(20)29-26(30)35-14-18(31)21(25(33)34-2)22-27-16-10-7-8-11-17(16)28-22/h3,7-8,10-11,31H,1,4-6,9,12-14H2,2H3,(H,27,28). The van der Waals surface area contributed by atoms with Gasteiger partial charge in [0.05, 0.1) is 29.3 Å². The van der Waals surface area contributed by atoms with E-state index in [4.69, 9.17) is 9.72 Å². The summed E-state index contributed by atoms with van der Waals surface area (Å²) in [5, 5.41) is 12.2. The summed E-state index contributed by atoms with van der Waals surface area (Å²) in [6.07, 6.45) is 6.91. The summed E-state index contributed by atoms with van der Waals surface area (Å²) in [4.78, 5) is 40.4. The van der Waals surface area contributed by atoms with Crippen LogP contribution < -0.4 is 5.56 Å². The number of ether oxygens (including phenoxy) is 1. The molecule has 1 aliphatic carbocycles. The number of nitrogens with one attached hydrogen (secondary N) is 1. The number of aromatic amines is 1. The Labute approximate surface area is 215 Å². The van der Waals surface area contributed by atoms with Crippen LogP contribution >= 0.6 is 23.1 Å². The molecular weight excluding hydrogens is 496 g/mol. The zero-order valence-corrected chi connectivity index (χ0v) is 21.5. The summed E-state index contributed by atoms with van der Waals surface area (Å²) in [6, 6.07) is 7.34. The molecule has 36 heavy (non-hydrogen) atoms. The van der Waals surface area contributed by atoms with E-state index in [0.717, 1.165) is 41.6 Å². The number of fused-ring (bicyclic) bond motifs is 4. The normalized spacial score (nSPS) is 14.4. The average Bonchev–Trinajstić information content (AvgIpc) is 3.38. The minimum Gasteiger partial charge on any atom is -0.510 e. The molecule has 1 aliphatic rings. The second-order valence-electron chi connectivity index (χ2n) is 8.55. The lowest BCUT2D eigenvalue weighted by Crippen LogP contribution is -2.23. The van der Waals surface area contributed by atoms with Crippen molar-refractivity contribution < 1.29 is 14.6 Å². The minimum atomic E-state index is -0.707. The Morgan fingerprint density at radius 1 is 1.28 bits per heavy atom. The number of H-pyrrole nitrogens is 1. The van der Waals surface area contributed by atoms with Crippen molar-refractivity contribution in [2.75, 3.05) is 12.9 Å². The number of allylic oxidation sites excluding steroid dienone is 1. The number of para-hydroxylation sites is 2. The van der Waals surface area contributed by atoms with Crippen LogP contribution in [0, 0.1) is 0 Å². The van der Waals surface area contributed by atoms with Crippen molar-refractivity contribution in [2.45, 2.75) is 43.8 Å². The van der Waals surface area contributed by atoms with Crippen LogP contribution in [0.15, 0.2) is 52.6 Å². The van der Waals surface area contributed by atoms with Gasteiger partial charge in [-0.1, -0.05) is 36.4 Å². The number of benzene rings is 1. The third-order valence-corrected chi connectivity index (χ3v) is 8.42. The van der Waals surface area contributed by atoms with E-state index in [0.29, 0.717) is 22.6 Å². The van der Waals surface area contributed by atoms with E-state index < -0.39 is 5.97 Å². The van der Waals surface area contributed by atoms with Crippen LogP contribution in [0.1, 0.15) is 35.5 Å². The number of imidazole rings is 1. The van der Waals surface area contributed by atoms with Crippen LogP contribution in [0.3, 0.4) is 0 Å². The summed E-state index contributed by atoms with van der Waals surface area (Å²) in [5.74, 6) is -0.703. The van der Waals surface area contributed by atoms with E-state index in [-0.39, 0.29) is 28.5 Å². The SMILES string of the molecule is C=CCn1c(SCC(O)=C(C(=O)OC)c2nc3ccccc3[nH]2)nc2sc3c(c2c1=O)CCCCC3. The van der Waals surface area contributed by atoms with Crippen molar-refractivity contribution in [3.05, 3.63) is 69.3 Å². The maximum absolute atomic E-state index is 13.5. The first-order valence-electron chi connectivity index (χ1n) is 11.8. The Balaban J connectivity index is 1.54. The number of hydrogen-bond donors (Lipinski definition) is 2. The number of hydrogen-bond acceptors (Lipinski definition) is 8. The van der Waals surface area contributed by atoms with Gasteiger partial charge in [-0.3, -0.25) is 9.36 Å². The third-order valence-electron chi connectivity index (χ3n) is 6.24. The Bertz CT molecular complexity index is 1530. The van der Waals surface area contributed by atoms with Crippen molar-refractivity contribution >= 4 is 55.9 Å². The Morgan fingerprint density at radius 2 is 2.08 bits per heavy atom. The smallest absolute Gasteiger partial charge is 0.345 e. The van der Waals surface area contributed by atoms with Gasteiger partial charge in [-0.25, -0.2) is 14.8 Å². The number of aliphatic hydroxyl groups excluding tert-OH is 1. The van der Waals surface area contributed by atoms with Gasteiger partial charge in [-0.2, -0.15) is 0 Å². The molecule has 0 saturated carbocycles. The number of esters is 1. The summed E-state index contributed by atoms with van der Waals surface area (Å²) < 4.78 is 6.51. The molecule has 0 saturated heterocycles. The Kier molecular flexibility index (Phi) is 6.97. The van der Waals surface area contributed by atoms with Gasteiger partial charge < -0.3 is 14.8 Å². The van der Waals surface area contributed by atoms with Crippen molar-refractivity contribution in [1.29, 1.82) is 0 Å². The van der Waals surface area contributed by atoms with Gasteiger partial charge in [-0.05, 0) is 43.4 Å². The van der Waals surface area contributed by atoms with Gasteiger partial charge in [-0.15, -0.1) is 17.9 Å². The lowest BCUT2D eigenvalue weighted by Gasteiger charge is -2.11. The molecule has 0 unspecified atom stereocenters. The zero-order chi connectivity index (χ0) is 25.2. The molecular formula is C26H26N4O4S2. The van der Waals surface area contributed by atoms with Gasteiger partial charge in [0.2, 0.25) is 0 Å². The molecule has 0 radical (unpaired) electrons. The fourth-order valence-corrected chi connectivity index (χ4v) is 6.72. The molecule has 186 valence electrons. The topological polar surface area (TPSA) is 110 Å². The van der Waals surface area contributed by atoms with Gasteiger partial charge in [0, 0.05) is 11.4 Å². The minimum absolute atomic E-state index is 0.00164. The first kappa shape index (κ1) is 24.3. The number of carbonyl (C=O) groups is 1. The molecule has 0 aliphatic heterocycles.